The molecular formula is C30H38FN5O2. The number of carbonyl (C=O) groups is 2. The summed E-state index contributed by atoms with van der Waals surface area (Å²) in [5.41, 5.74) is 3.12. The lowest BCUT2D eigenvalue weighted by Crippen LogP contribution is -2.56. The number of aromatic amines is 1. The van der Waals surface area contributed by atoms with E-state index < -0.39 is 6.04 Å². The Morgan fingerprint density at radius 3 is 2.61 bits per heavy atom. The predicted molar refractivity (Wildman–Crippen MR) is 147 cm³/mol. The largest absolute Gasteiger partial charge is 0.361 e. The van der Waals surface area contributed by atoms with Gasteiger partial charge in [-0.1, -0.05) is 44.2 Å². The number of hydrogen-bond acceptors (Lipinski definition) is 4. The van der Waals surface area contributed by atoms with E-state index in [1.165, 1.54) is 17.7 Å². The van der Waals surface area contributed by atoms with Crippen LogP contribution in [0.1, 0.15) is 44.2 Å². The fourth-order valence-electron chi connectivity index (χ4n) is 6.25. The first-order chi connectivity index (χ1) is 18.3. The number of fused-ring (bicyclic) bond motifs is 2. The molecule has 0 unspecified atom stereocenters. The maximum Gasteiger partial charge on any atom is 0.245 e. The van der Waals surface area contributed by atoms with Crippen molar-refractivity contribution >= 4 is 22.7 Å². The second-order valence-electron chi connectivity index (χ2n) is 11.1. The van der Waals surface area contributed by atoms with E-state index in [1.54, 1.807) is 14.0 Å². The lowest BCUT2D eigenvalue weighted by molar-refractivity contribution is -0.139. The molecule has 2 amide bonds. The molecule has 2 aliphatic heterocycles. The molecule has 202 valence electrons. The second kappa shape index (κ2) is 10.9. The molecule has 0 radical (unpaired) electrons. The molecule has 0 spiro atoms. The van der Waals surface area contributed by atoms with Gasteiger partial charge in [0.05, 0.1) is 12.1 Å². The number of benzene rings is 2. The quantitative estimate of drug-likeness (QED) is 0.425. The van der Waals surface area contributed by atoms with Crippen LogP contribution in [0.15, 0.2) is 54.7 Å². The number of aromatic nitrogens is 1. The van der Waals surface area contributed by atoms with Gasteiger partial charge >= 0.3 is 0 Å². The van der Waals surface area contributed by atoms with Gasteiger partial charge in [-0.15, -0.1) is 0 Å². The van der Waals surface area contributed by atoms with E-state index in [4.69, 9.17) is 0 Å². The van der Waals surface area contributed by atoms with Gasteiger partial charge in [0.2, 0.25) is 11.8 Å². The zero-order valence-corrected chi connectivity index (χ0v) is 22.6. The highest BCUT2D eigenvalue weighted by atomic mass is 19.1. The molecule has 5 rings (SSSR count). The summed E-state index contributed by atoms with van der Waals surface area (Å²) >= 11 is 0. The third-order valence-electron chi connectivity index (χ3n) is 8.38. The summed E-state index contributed by atoms with van der Waals surface area (Å²) < 4.78 is 13.9. The Kier molecular flexibility index (Phi) is 7.54. The zero-order valence-electron chi connectivity index (χ0n) is 22.6. The van der Waals surface area contributed by atoms with E-state index in [1.807, 2.05) is 37.1 Å². The first kappa shape index (κ1) is 26.4. The summed E-state index contributed by atoms with van der Waals surface area (Å²) in [7, 11) is 1.74. The smallest absolute Gasteiger partial charge is 0.245 e. The minimum Gasteiger partial charge on any atom is -0.361 e. The minimum absolute atomic E-state index is 0.0263. The molecule has 8 heteroatoms. The third kappa shape index (κ3) is 4.95. The van der Waals surface area contributed by atoms with E-state index in [0.29, 0.717) is 6.54 Å². The predicted octanol–water partition coefficient (Wildman–Crippen LogP) is 3.62. The van der Waals surface area contributed by atoms with Gasteiger partial charge in [0, 0.05) is 48.7 Å². The highest BCUT2D eigenvalue weighted by Crippen LogP contribution is 2.44. The number of nitrogens with one attached hydrogen (secondary N) is 3. The second-order valence-corrected chi connectivity index (χ2v) is 11.1. The highest BCUT2D eigenvalue weighted by Gasteiger charge is 2.52. The molecule has 2 fully saturated rings. The Labute approximate surface area is 223 Å². The molecule has 3 heterocycles. The summed E-state index contributed by atoms with van der Waals surface area (Å²) in [6.45, 7) is 7.99. The summed E-state index contributed by atoms with van der Waals surface area (Å²) in [4.78, 5) is 34.6. The molecule has 0 saturated carbocycles. The van der Waals surface area contributed by atoms with Crippen molar-refractivity contribution in [2.45, 2.75) is 63.8 Å². The van der Waals surface area contributed by atoms with Crippen molar-refractivity contribution < 1.29 is 14.0 Å². The average molecular weight is 520 g/mol. The number of halogens is 1. The Hall–Kier alpha value is -3.23. The first-order valence-electron chi connectivity index (χ1n) is 13.6. The van der Waals surface area contributed by atoms with Crippen molar-refractivity contribution in [3.05, 3.63) is 71.7 Å². The molecular weight excluding hydrogens is 481 g/mol. The molecule has 2 saturated heterocycles. The lowest BCUT2D eigenvalue weighted by atomic mass is 9.90. The number of carbonyl (C=O) groups excluding carboxylic acids is 2. The van der Waals surface area contributed by atoms with Crippen molar-refractivity contribution in [3.8, 4) is 0 Å². The molecule has 3 N–H and O–H groups in total. The van der Waals surface area contributed by atoms with Gasteiger partial charge in [-0.3, -0.25) is 14.5 Å². The molecule has 0 bridgehead atoms. The SMILES string of the molecule is CN[C@@H](C)C(=O)N[C@H](C(=O)N1CC[C@@H]2[C@H]1[C@@H](c1c[nH]c3cc(F)ccc13)CN2Cc1ccccc1)C(C)C. The van der Waals surface area contributed by atoms with E-state index in [9.17, 15) is 14.0 Å². The number of hydrogen-bond donors (Lipinski definition) is 3. The first-order valence-corrected chi connectivity index (χ1v) is 13.6. The van der Waals surface area contributed by atoms with E-state index >= 15 is 0 Å². The highest BCUT2D eigenvalue weighted by molar-refractivity contribution is 5.90. The van der Waals surface area contributed by atoms with Crippen LogP contribution < -0.4 is 10.6 Å². The Morgan fingerprint density at radius 2 is 1.89 bits per heavy atom. The van der Waals surface area contributed by atoms with E-state index in [2.05, 4.69) is 44.8 Å². The summed E-state index contributed by atoms with van der Waals surface area (Å²) in [6, 6.07) is 14.5. The normalized spacial score (nSPS) is 23.1. The van der Waals surface area contributed by atoms with Gasteiger partial charge < -0.3 is 20.5 Å². The lowest BCUT2D eigenvalue weighted by Gasteiger charge is -2.34. The van der Waals surface area contributed by atoms with Crippen molar-refractivity contribution in [2.75, 3.05) is 20.1 Å². The Balaban J connectivity index is 1.48. The molecule has 1 aromatic heterocycles. The van der Waals surface area contributed by atoms with Crippen molar-refractivity contribution in [2.24, 2.45) is 5.92 Å². The molecule has 38 heavy (non-hydrogen) atoms. The van der Waals surface area contributed by atoms with Crippen LogP contribution in [-0.4, -0.2) is 70.9 Å². The molecule has 5 atom stereocenters. The van der Waals surface area contributed by atoms with Crippen LogP contribution in [0.25, 0.3) is 10.9 Å². The van der Waals surface area contributed by atoms with E-state index in [0.717, 1.165) is 36.0 Å². The van der Waals surface area contributed by atoms with Gasteiger partial charge in [-0.2, -0.15) is 0 Å². The van der Waals surface area contributed by atoms with Gasteiger partial charge in [0.15, 0.2) is 0 Å². The molecule has 3 aromatic rings. The summed E-state index contributed by atoms with van der Waals surface area (Å²) in [5, 5.41) is 6.96. The monoisotopic (exact) mass is 519 g/mol. The Morgan fingerprint density at radius 1 is 1.13 bits per heavy atom. The number of likely N-dealkylation sites (N-methyl/N-ethyl adjacent to an activating group) is 1. The zero-order chi connectivity index (χ0) is 27.0. The van der Waals surface area contributed by atoms with Gasteiger partial charge in [0.25, 0.3) is 0 Å². The fraction of sp³-hybridized carbons (Fsp3) is 0.467. The number of amides is 2. The van der Waals surface area contributed by atoms with Crippen molar-refractivity contribution in [1.82, 2.24) is 25.4 Å². The van der Waals surface area contributed by atoms with Gasteiger partial charge in [0.1, 0.15) is 11.9 Å². The maximum absolute atomic E-state index is 14.1. The standard InChI is InChI=1S/C30H38FN5O2/c1-18(2)27(34-29(37)19(3)32-4)30(38)36-13-12-26-28(36)24(17-35(26)16-20-8-6-5-7-9-20)23-15-33-25-14-21(31)10-11-22(23)25/h5-11,14-15,18-19,24,26-28,32-33H,12-13,16-17H2,1-4H3,(H,34,37)/t19-,24+,26+,27-,28+/m0/s1. The maximum atomic E-state index is 14.1. The van der Waals surface area contributed by atoms with Crippen LogP contribution in [0.2, 0.25) is 0 Å². The molecule has 2 aromatic carbocycles. The fourth-order valence-corrected chi connectivity index (χ4v) is 6.25. The van der Waals surface area contributed by atoms with Crippen LogP contribution in [-0.2, 0) is 16.1 Å². The van der Waals surface area contributed by atoms with Crippen LogP contribution >= 0.6 is 0 Å². The number of likely N-dealkylation sites (tertiary alicyclic amines) is 2. The van der Waals surface area contributed by atoms with Crippen LogP contribution in [0.5, 0.6) is 0 Å². The number of rotatable bonds is 8. The van der Waals surface area contributed by atoms with Crippen LogP contribution in [0, 0.1) is 11.7 Å². The average Bonchev–Trinajstić information content (AvgIpc) is 3.61. The minimum atomic E-state index is -0.599. The van der Waals surface area contributed by atoms with Crippen molar-refractivity contribution in [1.29, 1.82) is 0 Å². The third-order valence-corrected chi connectivity index (χ3v) is 8.38. The van der Waals surface area contributed by atoms with E-state index in [-0.39, 0.29) is 47.6 Å². The number of nitrogens with zero attached hydrogens (tertiary/aromatic N) is 2. The molecule has 0 aliphatic carbocycles. The molecule has 7 nitrogen and oxygen atoms in total. The number of H-pyrrole nitrogens is 1. The van der Waals surface area contributed by atoms with Crippen molar-refractivity contribution in [3.63, 3.8) is 0 Å². The summed E-state index contributed by atoms with van der Waals surface area (Å²) in [6.07, 6.45) is 2.86. The topological polar surface area (TPSA) is 80.5 Å². The van der Waals surface area contributed by atoms with Gasteiger partial charge in [-0.25, -0.2) is 4.39 Å². The summed E-state index contributed by atoms with van der Waals surface area (Å²) in [5.74, 6) is -0.464. The Bertz CT molecular complexity index is 1290. The van der Waals surface area contributed by atoms with Crippen LogP contribution in [0.3, 0.4) is 0 Å². The van der Waals surface area contributed by atoms with Gasteiger partial charge in [-0.05, 0) is 55.6 Å². The molecule has 2 aliphatic rings. The van der Waals surface area contributed by atoms with Crippen LogP contribution in [0.4, 0.5) is 4.39 Å².